The molecule has 0 aliphatic carbocycles. The Labute approximate surface area is 107 Å². The van der Waals surface area contributed by atoms with Crippen molar-refractivity contribution in [2.24, 2.45) is 0 Å². The van der Waals surface area contributed by atoms with Gasteiger partial charge in [-0.1, -0.05) is 42.5 Å². The first-order valence-electron chi connectivity index (χ1n) is 6.19. The van der Waals surface area contributed by atoms with Crippen LogP contribution in [0.3, 0.4) is 0 Å². The van der Waals surface area contributed by atoms with Gasteiger partial charge in [-0.3, -0.25) is 4.79 Å². The Bertz CT molecular complexity index is 532. The number of hydrogen-bond acceptors (Lipinski definition) is 2. The molecule has 2 N–H and O–H groups in total. The average Bonchev–Trinajstić information content (AvgIpc) is 2.39. The number of carbonyl (C=O) groups is 1. The number of likely N-dealkylation sites (N-methyl/N-ethyl adjacent to an activating group) is 1. The maximum atomic E-state index is 11.8. The molecule has 0 fully saturated rings. The summed E-state index contributed by atoms with van der Waals surface area (Å²) < 4.78 is 0. The number of benzene rings is 2. The number of nitrogens with one attached hydrogen (secondary N) is 2. The third-order valence-electron chi connectivity index (χ3n) is 2.93. The number of hydrogen-bond donors (Lipinski definition) is 2. The zero-order chi connectivity index (χ0) is 12.8. The minimum Gasteiger partial charge on any atom is -0.355 e. The van der Waals surface area contributed by atoms with Crippen molar-refractivity contribution in [2.45, 2.75) is 6.42 Å². The maximum Gasteiger partial charge on any atom is 0.224 e. The molecule has 2 rings (SSSR count). The van der Waals surface area contributed by atoms with E-state index in [2.05, 4.69) is 28.8 Å². The van der Waals surface area contributed by atoms with E-state index in [-0.39, 0.29) is 5.91 Å². The van der Waals surface area contributed by atoms with Gasteiger partial charge in [0.1, 0.15) is 0 Å². The third kappa shape index (κ3) is 3.08. The Hall–Kier alpha value is -1.87. The fourth-order valence-electron chi connectivity index (χ4n) is 2.01. The predicted molar refractivity (Wildman–Crippen MR) is 74.6 cm³/mol. The Balaban J connectivity index is 2.09. The van der Waals surface area contributed by atoms with Gasteiger partial charge < -0.3 is 10.6 Å². The minimum atomic E-state index is 0.0709. The van der Waals surface area contributed by atoms with Crippen LogP contribution in [-0.2, 0) is 11.2 Å². The first kappa shape index (κ1) is 12.6. The van der Waals surface area contributed by atoms with Gasteiger partial charge >= 0.3 is 0 Å². The van der Waals surface area contributed by atoms with Crippen molar-refractivity contribution < 1.29 is 4.79 Å². The maximum absolute atomic E-state index is 11.8. The zero-order valence-electron chi connectivity index (χ0n) is 10.6. The quantitative estimate of drug-likeness (QED) is 0.784. The van der Waals surface area contributed by atoms with Gasteiger partial charge in [0.2, 0.25) is 5.91 Å². The summed E-state index contributed by atoms with van der Waals surface area (Å²) in [6.07, 6.45) is 0.436. The van der Waals surface area contributed by atoms with Crippen LogP contribution in [0.2, 0.25) is 0 Å². The van der Waals surface area contributed by atoms with Crippen LogP contribution in [0, 0.1) is 0 Å². The highest BCUT2D eigenvalue weighted by Gasteiger charge is 2.05. The van der Waals surface area contributed by atoms with Gasteiger partial charge in [0, 0.05) is 13.1 Å². The van der Waals surface area contributed by atoms with E-state index >= 15 is 0 Å². The highest BCUT2D eigenvalue weighted by Crippen LogP contribution is 2.18. The van der Waals surface area contributed by atoms with E-state index in [1.165, 1.54) is 5.39 Å². The van der Waals surface area contributed by atoms with Gasteiger partial charge in [0.15, 0.2) is 0 Å². The van der Waals surface area contributed by atoms with Crippen LogP contribution in [0.15, 0.2) is 42.5 Å². The molecule has 0 spiro atoms. The largest absolute Gasteiger partial charge is 0.355 e. The zero-order valence-corrected chi connectivity index (χ0v) is 10.6. The summed E-state index contributed by atoms with van der Waals surface area (Å²) in [6, 6.07) is 14.2. The molecule has 94 valence electrons. The first-order valence-corrected chi connectivity index (χ1v) is 6.19. The molecule has 0 bridgehead atoms. The number of amides is 1. The van der Waals surface area contributed by atoms with Gasteiger partial charge in [-0.05, 0) is 23.4 Å². The molecule has 0 aliphatic heterocycles. The van der Waals surface area contributed by atoms with Crippen molar-refractivity contribution >= 4 is 16.7 Å². The average molecular weight is 242 g/mol. The molecule has 0 atom stereocenters. The Morgan fingerprint density at radius 1 is 1.06 bits per heavy atom. The summed E-state index contributed by atoms with van der Waals surface area (Å²) in [5, 5.41) is 8.23. The molecule has 0 unspecified atom stereocenters. The van der Waals surface area contributed by atoms with E-state index in [1.807, 2.05) is 31.3 Å². The fourth-order valence-corrected chi connectivity index (χ4v) is 2.01. The monoisotopic (exact) mass is 242 g/mol. The predicted octanol–water partition coefficient (Wildman–Crippen LogP) is 1.72. The molecule has 1 amide bonds. The summed E-state index contributed by atoms with van der Waals surface area (Å²) in [6.45, 7) is 1.46. The van der Waals surface area contributed by atoms with Crippen LogP contribution < -0.4 is 10.6 Å². The third-order valence-corrected chi connectivity index (χ3v) is 2.93. The van der Waals surface area contributed by atoms with E-state index in [0.717, 1.165) is 17.5 Å². The lowest BCUT2D eigenvalue weighted by Crippen LogP contribution is -2.31. The molecule has 2 aromatic rings. The molecular formula is C15H18N2O. The Kier molecular flexibility index (Phi) is 4.31. The molecule has 0 saturated carbocycles. The molecule has 0 aromatic heterocycles. The standard InChI is InChI=1S/C15H18N2O/c1-16-9-10-17-15(18)11-13-7-4-6-12-5-2-3-8-14(12)13/h2-8,16H,9-11H2,1H3,(H,17,18). The van der Waals surface area contributed by atoms with Crippen molar-refractivity contribution in [3.05, 3.63) is 48.0 Å². The second-order valence-corrected chi connectivity index (χ2v) is 4.27. The number of rotatable bonds is 5. The van der Waals surface area contributed by atoms with Crippen molar-refractivity contribution in [1.29, 1.82) is 0 Å². The van der Waals surface area contributed by atoms with E-state index in [9.17, 15) is 4.79 Å². The molecule has 3 heteroatoms. The van der Waals surface area contributed by atoms with Crippen molar-refractivity contribution in [2.75, 3.05) is 20.1 Å². The first-order chi connectivity index (χ1) is 8.81. The van der Waals surface area contributed by atoms with Gasteiger partial charge in [-0.2, -0.15) is 0 Å². The molecule has 18 heavy (non-hydrogen) atoms. The van der Waals surface area contributed by atoms with Crippen molar-refractivity contribution in [3.63, 3.8) is 0 Å². The highest BCUT2D eigenvalue weighted by molar-refractivity contribution is 5.90. The molecule has 0 saturated heterocycles. The topological polar surface area (TPSA) is 41.1 Å². The minimum absolute atomic E-state index is 0.0709. The lowest BCUT2D eigenvalue weighted by Gasteiger charge is -2.07. The summed E-state index contributed by atoms with van der Waals surface area (Å²) in [7, 11) is 1.87. The summed E-state index contributed by atoms with van der Waals surface area (Å²) in [4.78, 5) is 11.8. The van der Waals surface area contributed by atoms with E-state index in [4.69, 9.17) is 0 Å². The van der Waals surface area contributed by atoms with E-state index in [0.29, 0.717) is 13.0 Å². The highest BCUT2D eigenvalue weighted by atomic mass is 16.1. The smallest absolute Gasteiger partial charge is 0.224 e. The van der Waals surface area contributed by atoms with Crippen LogP contribution in [0.1, 0.15) is 5.56 Å². The molecule has 0 aliphatic rings. The Morgan fingerprint density at radius 2 is 1.83 bits per heavy atom. The summed E-state index contributed by atoms with van der Waals surface area (Å²) in [5.41, 5.74) is 1.08. The normalized spacial score (nSPS) is 10.5. The number of carbonyl (C=O) groups excluding carboxylic acids is 1. The van der Waals surface area contributed by atoms with Gasteiger partial charge in [-0.25, -0.2) is 0 Å². The lowest BCUT2D eigenvalue weighted by atomic mass is 10.0. The van der Waals surface area contributed by atoms with E-state index in [1.54, 1.807) is 0 Å². The van der Waals surface area contributed by atoms with Crippen LogP contribution in [0.25, 0.3) is 10.8 Å². The number of fused-ring (bicyclic) bond motifs is 1. The summed E-state index contributed by atoms with van der Waals surface area (Å²) >= 11 is 0. The van der Waals surface area contributed by atoms with Crippen LogP contribution in [0.4, 0.5) is 0 Å². The van der Waals surface area contributed by atoms with Gasteiger partial charge in [0.05, 0.1) is 6.42 Å². The second-order valence-electron chi connectivity index (χ2n) is 4.27. The molecule has 2 aromatic carbocycles. The molecule has 0 heterocycles. The fraction of sp³-hybridized carbons (Fsp3) is 0.267. The van der Waals surface area contributed by atoms with Crippen LogP contribution in [0.5, 0.6) is 0 Å². The second kappa shape index (κ2) is 6.17. The lowest BCUT2D eigenvalue weighted by molar-refractivity contribution is -0.120. The van der Waals surface area contributed by atoms with Crippen molar-refractivity contribution in [1.82, 2.24) is 10.6 Å². The van der Waals surface area contributed by atoms with Crippen molar-refractivity contribution in [3.8, 4) is 0 Å². The van der Waals surface area contributed by atoms with Gasteiger partial charge in [0.25, 0.3) is 0 Å². The van der Waals surface area contributed by atoms with Crippen LogP contribution in [-0.4, -0.2) is 26.0 Å². The molecular weight excluding hydrogens is 224 g/mol. The van der Waals surface area contributed by atoms with Gasteiger partial charge in [-0.15, -0.1) is 0 Å². The Morgan fingerprint density at radius 3 is 2.67 bits per heavy atom. The molecule has 3 nitrogen and oxygen atoms in total. The van der Waals surface area contributed by atoms with Crippen LogP contribution >= 0.6 is 0 Å². The van der Waals surface area contributed by atoms with E-state index < -0.39 is 0 Å². The SMILES string of the molecule is CNCCNC(=O)Cc1cccc2ccccc12. The summed E-state index contributed by atoms with van der Waals surface area (Å²) in [5.74, 6) is 0.0709. The molecule has 0 radical (unpaired) electrons.